The molecular formula is C16H20FNS. The lowest BCUT2D eigenvalue weighted by atomic mass is 9.96. The molecule has 0 spiro atoms. The van der Waals surface area contributed by atoms with Crippen LogP contribution in [0.15, 0.2) is 35.7 Å². The first-order valence-electron chi connectivity index (χ1n) is 6.66. The third-order valence-corrected chi connectivity index (χ3v) is 4.39. The first-order valence-corrected chi connectivity index (χ1v) is 7.54. The van der Waals surface area contributed by atoms with Gasteiger partial charge in [0, 0.05) is 10.9 Å². The van der Waals surface area contributed by atoms with Crippen molar-refractivity contribution in [3.05, 3.63) is 57.5 Å². The standard InChI is InChI=1S/C16H20FNS/c1-12-11-13(17)8-9-15(12)16(18-2)7-3-5-14-6-4-10-19-14/h4,6,8-11,16,18H,3,5,7H2,1-2H3. The molecule has 0 radical (unpaired) electrons. The van der Waals surface area contributed by atoms with Crippen molar-refractivity contribution in [1.29, 1.82) is 0 Å². The number of hydrogen-bond acceptors (Lipinski definition) is 2. The van der Waals surface area contributed by atoms with Gasteiger partial charge in [0.05, 0.1) is 0 Å². The van der Waals surface area contributed by atoms with Gasteiger partial charge in [-0.1, -0.05) is 12.1 Å². The van der Waals surface area contributed by atoms with E-state index in [4.69, 9.17) is 0 Å². The highest BCUT2D eigenvalue weighted by Gasteiger charge is 2.12. The monoisotopic (exact) mass is 277 g/mol. The lowest BCUT2D eigenvalue weighted by Crippen LogP contribution is -2.17. The fraction of sp³-hybridized carbons (Fsp3) is 0.375. The normalized spacial score (nSPS) is 12.6. The Kier molecular flexibility index (Phi) is 5.11. The molecule has 3 heteroatoms. The van der Waals surface area contributed by atoms with Crippen LogP contribution in [0.25, 0.3) is 0 Å². The van der Waals surface area contributed by atoms with Crippen molar-refractivity contribution in [2.45, 2.75) is 32.2 Å². The number of thiophene rings is 1. The maximum atomic E-state index is 13.1. The van der Waals surface area contributed by atoms with Gasteiger partial charge in [-0.15, -0.1) is 11.3 Å². The highest BCUT2D eigenvalue weighted by molar-refractivity contribution is 7.09. The summed E-state index contributed by atoms with van der Waals surface area (Å²) in [4.78, 5) is 1.44. The van der Waals surface area contributed by atoms with Crippen molar-refractivity contribution in [3.8, 4) is 0 Å². The Morgan fingerprint density at radius 2 is 2.16 bits per heavy atom. The van der Waals surface area contributed by atoms with Crippen LogP contribution in [0.1, 0.15) is 34.9 Å². The summed E-state index contributed by atoms with van der Waals surface area (Å²) in [6.07, 6.45) is 3.33. The minimum Gasteiger partial charge on any atom is -0.313 e. The van der Waals surface area contributed by atoms with Crippen LogP contribution in [0.2, 0.25) is 0 Å². The van der Waals surface area contributed by atoms with E-state index in [1.54, 1.807) is 12.1 Å². The number of aryl methyl sites for hydroxylation is 2. The molecular weight excluding hydrogens is 257 g/mol. The molecule has 0 saturated heterocycles. The Morgan fingerprint density at radius 1 is 1.32 bits per heavy atom. The minimum atomic E-state index is -0.158. The summed E-state index contributed by atoms with van der Waals surface area (Å²) in [5, 5.41) is 5.46. The first kappa shape index (κ1) is 14.2. The molecule has 2 aromatic rings. The van der Waals surface area contributed by atoms with Gasteiger partial charge >= 0.3 is 0 Å². The van der Waals surface area contributed by atoms with Crippen molar-refractivity contribution in [1.82, 2.24) is 5.32 Å². The molecule has 102 valence electrons. The number of rotatable bonds is 6. The average molecular weight is 277 g/mol. The number of halogens is 1. The minimum absolute atomic E-state index is 0.158. The first-order chi connectivity index (χ1) is 9.20. The summed E-state index contributed by atoms with van der Waals surface area (Å²) < 4.78 is 13.1. The van der Waals surface area contributed by atoms with Gasteiger partial charge in [-0.2, -0.15) is 0 Å². The van der Waals surface area contributed by atoms with Crippen molar-refractivity contribution < 1.29 is 4.39 Å². The van der Waals surface area contributed by atoms with E-state index in [1.165, 1.54) is 10.4 Å². The zero-order valence-electron chi connectivity index (χ0n) is 11.4. The molecule has 0 bridgehead atoms. The molecule has 19 heavy (non-hydrogen) atoms. The summed E-state index contributed by atoms with van der Waals surface area (Å²) >= 11 is 1.81. The molecule has 1 nitrogen and oxygen atoms in total. The second-order valence-electron chi connectivity index (χ2n) is 4.81. The zero-order valence-corrected chi connectivity index (χ0v) is 12.3. The molecule has 1 heterocycles. The average Bonchev–Trinajstić information content (AvgIpc) is 2.89. The predicted molar refractivity (Wildman–Crippen MR) is 80.2 cm³/mol. The van der Waals surface area contributed by atoms with Crippen LogP contribution in [-0.4, -0.2) is 7.05 Å². The smallest absolute Gasteiger partial charge is 0.123 e. The Bertz CT molecular complexity index is 507. The number of hydrogen-bond donors (Lipinski definition) is 1. The molecule has 0 aliphatic carbocycles. The molecule has 2 rings (SSSR count). The summed E-state index contributed by atoms with van der Waals surface area (Å²) in [7, 11) is 1.97. The molecule has 1 atom stereocenters. The van der Waals surface area contributed by atoms with Crippen LogP contribution in [0.4, 0.5) is 4.39 Å². The van der Waals surface area contributed by atoms with E-state index < -0.39 is 0 Å². The molecule has 1 unspecified atom stereocenters. The van der Waals surface area contributed by atoms with E-state index in [0.717, 1.165) is 24.8 Å². The molecule has 0 fully saturated rings. The molecule has 0 amide bonds. The summed E-state index contributed by atoms with van der Waals surface area (Å²) in [6, 6.07) is 9.64. The van der Waals surface area contributed by atoms with Crippen molar-refractivity contribution in [2.24, 2.45) is 0 Å². The molecule has 0 aliphatic heterocycles. The van der Waals surface area contributed by atoms with E-state index in [1.807, 2.05) is 31.4 Å². The Labute approximate surface area is 118 Å². The van der Waals surface area contributed by atoms with Gasteiger partial charge in [-0.05, 0) is 67.9 Å². The lowest BCUT2D eigenvalue weighted by molar-refractivity contribution is 0.524. The Hall–Kier alpha value is -1.19. The lowest BCUT2D eigenvalue weighted by Gasteiger charge is -2.18. The van der Waals surface area contributed by atoms with Crippen LogP contribution < -0.4 is 5.32 Å². The van der Waals surface area contributed by atoms with Crippen molar-refractivity contribution in [2.75, 3.05) is 7.05 Å². The second-order valence-corrected chi connectivity index (χ2v) is 5.85. The SMILES string of the molecule is CNC(CCCc1cccs1)c1ccc(F)cc1C. The van der Waals surface area contributed by atoms with E-state index in [2.05, 4.69) is 22.8 Å². The third kappa shape index (κ3) is 3.88. The maximum absolute atomic E-state index is 13.1. The third-order valence-electron chi connectivity index (χ3n) is 3.45. The van der Waals surface area contributed by atoms with E-state index in [0.29, 0.717) is 6.04 Å². The quantitative estimate of drug-likeness (QED) is 0.821. The fourth-order valence-electron chi connectivity index (χ4n) is 2.42. The van der Waals surface area contributed by atoms with Crippen molar-refractivity contribution in [3.63, 3.8) is 0 Å². The fourth-order valence-corrected chi connectivity index (χ4v) is 3.17. The van der Waals surface area contributed by atoms with E-state index in [-0.39, 0.29) is 5.82 Å². The number of nitrogens with one attached hydrogen (secondary N) is 1. The summed E-state index contributed by atoms with van der Waals surface area (Å²) in [6.45, 7) is 1.97. The molecule has 0 saturated carbocycles. The van der Waals surface area contributed by atoms with Crippen LogP contribution in [0, 0.1) is 12.7 Å². The Morgan fingerprint density at radius 3 is 2.79 bits per heavy atom. The topological polar surface area (TPSA) is 12.0 Å². The molecule has 1 N–H and O–H groups in total. The van der Waals surface area contributed by atoms with Gasteiger partial charge in [-0.3, -0.25) is 0 Å². The van der Waals surface area contributed by atoms with Gasteiger partial charge in [-0.25, -0.2) is 4.39 Å². The second kappa shape index (κ2) is 6.83. The van der Waals surface area contributed by atoms with Gasteiger partial charge < -0.3 is 5.32 Å². The molecule has 0 aliphatic rings. The largest absolute Gasteiger partial charge is 0.313 e. The van der Waals surface area contributed by atoms with Gasteiger partial charge in [0.2, 0.25) is 0 Å². The van der Waals surface area contributed by atoms with E-state index in [9.17, 15) is 4.39 Å². The van der Waals surface area contributed by atoms with Gasteiger partial charge in [0.1, 0.15) is 5.82 Å². The summed E-state index contributed by atoms with van der Waals surface area (Å²) in [5.74, 6) is -0.158. The van der Waals surface area contributed by atoms with Crippen LogP contribution in [0.3, 0.4) is 0 Å². The summed E-state index contributed by atoms with van der Waals surface area (Å²) in [5.41, 5.74) is 2.23. The highest BCUT2D eigenvalue weighted by Crippen LogP contribution is 2.24. The molecule has 1 aromatic carbocycles. The van der Waals surface area contributed by atoms with Crippen LogP contribution in [-0.2, 0) is 6.42 Å². The Balaban J connectivity index is 1.95. The van der Waals surface area contributed by atoms with Crippen LogP contribution in [0.5, 0.6) is 0 Å². The molecule has 1 aromatic heterocycles. The highest BCUT2D eigenvalue weighted by atomic mass is 32.1. The van der Waals surface area contributed by atoms with Gasteiger partial charge in [0.15, 0.2) is 0 Å². The number of benzene rings is 1. The van der Waals surface area contributed by atoms with Crippen molar-refractivity contribution >= 4 is 11.3 Å². The maximum Gasteiger partial charge on any atom is 0.123 e. The van der Waals surface area contributed by atoms with Crippen LogP contribution >= 0.6 is 11.3 Å². The van der Waals surface area contributed by atoms with Gasteiger partial charge in [0.25, 0.3) is 0 Å². The predicted octanol–water partition coefficient (Wildman–Crippen LogP) is 4.48. The van der Waals surface area contributed by atoms with E-state index >= 15 is 0 Å². The zero-order chi connectivity index (χ0) is 13.7.